The molecule has 1 aromatic heterocycles. The monoisotopic (exact) mass is 351 g/mol. The van der Waals surface area contributed by atoms with Gasteiger partial charge in [-0.15, -0.1) is 12.4 Å². The lowest BCUT2D eigenvalue weighted by Gasteiger charge is -2.28. The van der Waals surface area contributed by atoms with Gasteiger partial charge in [-0.2, -0.15) is 0 Å². The first kappa shape index (κ1) is 20.5. The van der Waals surface area contributed by atoms with Crippen LogP contribution in [-0.4, -0.2) is 42.7 Å². The number of halogens is 1. The van der Waals surface area contributed by atoms with Crippen LogP contribution in [0.25, 0.3) is 10.9 Å². The number of ether oxygens (including phenoxy) is 1. The molecule has 134 valence electrons. The van der Waals surface area contributed by atoms with Crippen LogP contribution in [0.2, 0.25) is 0 Å². The predicted octanol–water partition coefficient (Wildman–Crippen LogP) is 4.44. The molecule has 4 nitrogen and oxygen atoms in total. The quantitative estimate of drug-likeness (QED) is 0.762. The molecule has 1 N–H and O–H groups in total. The topological polar surface area (TPSA) is 37.4 Å². The van der Waals surface area contributed by atoms with E-state index in [0.29, 0.717) is 12.0 Å². The van der Waals surface area contributed by atoms with Crippen LogP contribution in [0.3, 0.4) is 0 Å². The molecule has 0 bridgehead atoms. The Bertz CT molecular complexity index is 631. The highest BCUT2D eigenvalue weighted by Crippen LogP contribution is 2.27. The number of aromatic nitrogens is 1. The van der Waals surface area contributed by atoms with E-state index in [9.17, 15) is 0 Å². The Morgan fingerprint density at radius 3 is 2.58 bits per heavy atom. The van der Waals surface area contributed by atoms with Crippen molar-refractivity contribution in [3.05, 3.63) is 30.5 Å². The minimum absolute atomic E-state index is 0. The number of fused-ring (bicyclic) bond motifs is 1. The van der Waals surface area contributed by atoms with Gasteiger partial charge in [0.15, 0.2) is 0 Å². The summed E-state index contributed by atoms with van der Waals surface area (Å²) < 4.78 is 5.40. The van der Waals surface area contributed by atoms with Crippen LogP contribution in [0, 0.1) is 5.92 Å². The van der Waals surface area contributed by atoms with Crippen LogP contribution < -0.4 is 10.1 Å². The highest BCUT2D eigenvalue weighted by molar-refractivity contribution is 5.91. The predicted molar refractivity (Wildman–Crippen MR) is 106 cm³/mol. The minimum atomic E-state index is 0. The van der Waals surface area contributed by atoms with Crippen LogP contribution in [0.4, 0.5) is 5.69 Å². The number of methoxy groups -OCH3 is 1. The van der Waals surface area contributed by atoms with Gasteiger partial charge >= 0.3 is 0 Å². The molecule has 5 heteroatoms. The summed E-state index contributed by atoms with van der Waals surface area (Å²) in [5, 5.41) is 4.63. The van der Waals surface area contributed by atoms with Gasteiger partial charge in [-0.3, -0.25) is 9.88 Å². The molecule has 0 fully saturated rings. The molecule has 0 spiro atoms. The number of benzene rings is 1. The van der Waals surface area contributed by atoms with Crippen molar-refractivity contribution in [3.63, 3.8) is 0 Å². The standard InChI is InChI=1S/C19H29N3O.ClH/c1-14(2)13-22(15(3)4)10-9-20-18-12-17(23-5)11-16-7-6-8-21-19(16)18;/h6-8,11-12,14-15,20H,9-10,13H2,1-5H3;1H. The Morgan fingerprint density at radius 1 is 1.21 bits per heavy atom. The second-order valence-electron chi connectivity index (χ2n) is 6.66. The van der Waals surface area contributed by atoms with Crippen molar-refractivity contribution in [3.8, 4) is 5.75 Å². The highest BCUT2D eigenvalue weighted by Gasteiger charge is 2.11. The third-order valence-corrected chi connectivity index (χ3v) is 3.96. The van der Waals surface area contributed by atoms with Gasteiger partial charge in [-0.25, -0.2) is 0 Å². The summed E-state index contributed by atoms with van der Waals surface area (Å²) in [5.41, 5.74) is 2.03. The molecule has 24 heavy (non-hydrogen) atoms. The molecule has 0 saturated heterocycles. The van der Waals surface area contributed by atoms with Crippen molar-refractivity contribution in [2.45, 2.75) is 33.7 Å². The number of hydrogen-bond acceptors (Lipinski definition) is 4. The maximum atomic E-state index is 5.40. The lowest BCUT2D eigenvalue weighted by Crippen LogP contribution is -2.37. The summed E-state index contributed by atoms with van der Waals surface area (Å²) in [7, 11) is 1.70. The van der Waals surface area contributed by atoms with Gasteiger partial charge in [0.1, 0.15) is 5.75 Å². The van der Waals surface area contributed by atoms with E-state index < -0.39 is 0 Å². The summed E-state index contributed by atoms with van der Waals surface area (Å²) in [6.45, 7) is 12.1. The first-order valence-corrected chi connectivity index (χ1v) is 8.42. The van der Waals surface area contributed by atoms with E-state index in [4.69, 9.17) is 4.74 Å². The van der Waals surface area contributed by atoms with Gasteiger partial charge < -0.3 is 10.1 Å². The molecule has 0 amide bonds. The first-order valence-electron chi connectivity index (χ1n) is 8.42. The molecular weight excluding hydrogens is 322 g/mol. The Balaban J connectivity index is 0.00000288. The van der Waals surface area contributed by atoms with E-state index in [2.05, 4.69) is 49.0 Å². The maximum Gasteiger partial charge on any atom is 0.121 e. The van der Waals surface area contributed by atoms with Crippen LogP contribution in [0.5, 0.6) is 5.75 Å². The van der Waals surface area contributed by atoms with Crippen LogP contribution >= 0.6 is 12.4 Å². The van der Waals surface area contributed by atoms with Gasteiger partial charge in [0, 0.05) is 43.3 Å². The molecule has 0 saturated carbocycles. The molecule has 0 aliphatic heterocycles. The molecule has 0 atom stereocenters. The average molecular weight is 352 g/mol. The van der Waals surface area contributed by atoms with Gasteiger partial charge in [0.05, 0.1) is 18.3 Å². The van der Waals surface area contributed by atoms with Gasteiger partial charge in [0.25, 0.3) is 0 Å². The Morgan fingerprint density at radius 2 is 1.96 bits per heavy atom. The summed E-state index contributed by atoms with van der Waals surface area (Å²) in [6, 6.07) is 8.62. The molecular formula is C19H30ClN3O. The lowest BCUT2D eigenvalue weighted by atomic mass is 10.1. The summed E-state index contributed by atoms with van der Waals surface area (Å²) in [6.07, 6.45) is 1.83. The second-order valence-corrected chi connectivity index (χ2v) is 6.66. The van der Waals surface area contributed by atoms with Crippen LogP contribution in [0.1, 0.15) is 27.7 Å². The summed E-state index contributed by atoms with van der Waals surface area (Å²) in [5.74, 6) is 1.53. The molecule has 1 heterocycles. The Hall–Kier alpha value is -1.52. The number of hydrogen-bond donors (Lipinski definition) is 1. The molecule has 0 unspecified atom stereocenters. The molecule has 0 aliphatic carbocycles. The van der Waals surface area contributed by atoms with Crippen LogP contribution in [-0.2, 0) is 0 Å². The smallest absolute Gasteiger partial charge is 0.121 e. The molecule has 2 rings (SSSR count). The number of anilines is 1. The van der Waals surface area contributed by atoms with Gasteiger partial charge in [-0.05, 0) is 31.9 Å². The summed E-state index contributed by atoms with van der Waals surface area (Å²) >= 11 is 0. The fraction of sp³-hybridized carbons (Fsp3) is 0.526. The number of nitrogens with zero attached hydrogens (tertiary/aromatic N) is 2. The maximum absolute atomic E-state index is 5.40. The van der Waals surface area contributed by atoms with Crippen molar-refractivity contribution < 1.29 is 4.74 Å². The minimum Gasteiger partial charge on any atom is -0.497 e. The lowest BCUT2D eigenvalue weighted by molar-refractivity contribution is 0.205. The van der Waals surface area contributed by atoms with Crippen molar-refractivity contribution in [1.82, 2.24) is 9.88 Å². The zero-order chi connectivity index (χ0) is 16.8. The highest BCUT2D eigenvalue weighted by atomic mass is 35.5. The van der Waals surface area contributed by atoms with Crippen molar-refractivity contribution in [2.24, 2.45) is 5.92 Å². The van der Waals surface area contributed by atoms with E-state index in [1.54, 1.807) is 7.11 Å². The Kier molecular flexibility index (Phi) is 8.29. The zero-order valence-electron chi connectivity index (χ0n) is 15.4. The normalized spacial score (nSPS) is 11.2. The average Bonchev–Trinajstić information content (AvgIpc) is 2.53. The van der Waals surface area contributed by atoms with E-state index in [0.717, 1.165) is 42.0 Å². The van der Waals surface area contributed by atoms with Crippen molar-refractivity contribution >= 4 is 29.0 Å². The number of nitrogens with one attached hydrogen (secondary N) is 1. The van der Waals surface area contributed by atoms with Crippen LogP contribution in [0.15, 0.2) is 30.5 Å². The van der Waals surface area contributed by atoms with E-state index in [1.807, 2.05) is 24.4 Å². The second kappa shape index (κ2) is 9.70. The Labute approximate surface area is 152 Å². The SMILES string of the molecule is COc1cc(NCCN(CC(C)C)C(C)C)c2ncccc2c1.Cl. The van der Waals surface area contributed by atoms with E-state index >= 15 is 0 Å². The van der Waals surface area contributed by atoms with Gasteiger partial charge in [-0.1, -0.05) is 19.9 Å². The molecule has 2 aromatic rings. The van der Waals surface area contributed by atoms with Gasteiger partial charge in [0.2, 0.25) is 0 Å². The van der Waals surface area contributed by atoms with E-state index in [1.165, 1.54) is 0 Å². The largest absolute Gasteiger partial charge is 0.497 e. The fourth-order valence-corrected chi connectivity index (χ4v) is 2.78. The third kappa shape index (κ3) is 5.53. The summed E-state index contributed by atoms with van der Waals surface area (Å²) in [4.78, 5) is 7.01. The molecule has 0 aliphatic rings. The molecule has 1 aromatic carbocycles. The first-order chi connectivity index (χ1) is 11.0. The molecule has 0 radical (unpaired) electrons. The number of rotatable bonds is 8. The fourth-order valence-electron chi connectivity index (χ4n) is 2.78. The van der Waals surface area contributed by atoms with Crippen molar-refractivity contribution in [1.29, 1.82) is 0 Å². The van der Waals surface area contributed by atoms with Crippen molar-refractivity contribution in [2.75, 3.05) is 32.1 Å². The zero-order valence-corrected chi connectivity index (χ0v) is 16.2. The third-order valence-electron chi connectivity index (χ3n) is 3.96. The number of pyridine rings is 1. The van der Waals surface area contributed by atoms with E-state index in [-0.39, 0.29) is 12.4 Å².